The summed E-state index contributed by atoms with van der Waals surface area (Å²) >= 11 is 7.40. The van der Waals surface area contributed by atoms with Gasteiger partial charge in [-0.15, -0.1) is 11.3 Å². The number of thiazole rings is 1. The molecule has 2 heterocycles. The average molecular weight is 240 g/mol. The van der Waals surface area contributed by atoms with Crippen molar-refractivity contribution in [2.24, 2.45) is 0 Å². The summed E-state index contributed by atoms with van der Waals surface area (Å²) in [4.78, 5) is 8.35. The lowest BCUT2D eigenvalue weighted by Gasteiger charge is -2.06. The molecule has 3 nitrogen and oxygen atoms in total. The summed E-state index contributed by atoms with van der Waals surface area (Å²) in [5.41, 5.74) is 1.90. The van der Waals surface area contributed by atoms with Crippen LogP contribution in [0.2, 0.25) is 5.15 Å². The third kappa shape index (κ3) is 2.67. The molecule has 0 fully saturated rings. The molecule has 78 valence electrons. The van der Waals surface area contributed by atoms with Crippen LogP contribution in [0.5, 0.6) is 0 Å². The van der Waals surface area contributed by atoms with E-state index in [-0.39, 0.29) is 0 Å². The molecule has 1 N–H and O–H groups in total. The molecule has 15 heavy (non-hydrogen) atoms. The summed E-state index contributed by atoms with van der Waals surface area (Å²) in [6.07, 6.45) is 1.80. The molecule has 0 amide bonds. The molecule has 0 bridgehead atoms. The first-order chi connectivity index (χ1) is 7.25. The first kappa shape index (κ1) is 10.4. The highest BCUT2D eigenvalue weighted by atomic mass is 35.5. The summed E-state index contributed by atoms with van der Waals surface area (Å²) in [6, 6.07) is 3.71. The van der Waals surface area contributed by atoms with Gasteiger partial charge in [-0.3, -0.25) is 0 Å². The van der Waals surface area contributed by atoms with Gasteiger partial charge in [0.05, 0.1) is 17.9 Å². The fraction of sp³-hybridized carbons (Fsp3) is 0.200. The topological polar surface area (TPSA) is 37.8 Å². The molecule has 2 rings (SSSR count). The predicted molar refractivity (Wildman–Crippen MR) is 63.4 cm³/mol. The second-order valence-electron chi connectivity index (χ2n) is 3.05. The molecule has 0 unspecified atom stereocenters. The number of rotatable bonds is 3. The minimum absolute atomic E-state index is 0.521. The first-order valence-electron chi connectivity index (χ1n) is 4.51. The molecule has 0 saturated heterocycles. The van der Waals surface area contributed by atoms with Gasteiger partial charge in [0.1, 0.15) is 10.2 Å². The Morgan fingerprint density at radius 2 is 2.33 bits per heavy atom. The van der Waals surface area contributed by atoms with Gasteiger partial charge in [0.25, 0.3) is 0 Å². The van der Waals surface area contributed by atoms with Crippen molar-refractivity contribution in [2.75, 3.05) is 5.32 Å². The SMILES string of the molecule is Cc1nc(Cl)ccc1NCc1nccs1. The molecule has 0 saturated carbocycles. The Morgan fingerprint density at radius 1 is 1.47 bits per heavy atom. The Bertz CT molecular complexity index is 442. The minimum atomic E-state index is 0.521. The Morgan fingerprint density at radius 3 is 3.00 bits per heavy atom. The highest BCUT2D eigenvalue weighted by Gasteiger charge is 2.01. The number of hydrogen-bond donors (Lipinski definition) is 1. The van der Waals surface area contributed by atoms with Crippen molar-refractivity contribution in [1.82, 2.24) is 9.97 Å². The van der Waals surface area contributed by atoms with Crippen LogP contribution in [-0.4, -0.2) is 9.97 Å². The number of nitrogens with one attached hydrogen (secondary N) is 1. The van der Waals surface area contributed by atoms with Gasteiger partial charge in [-0.1, -0.05) is 11.6 Å². The number of hydrogen-bond acceptors (Lipinski definition) is 4. The maximum atomic E-state index is 5.77. The lowest BCUT2D eigenvalue weighted by molar-refractivity contribution is 1.08. The molecule has 0 aliphatic carbocycles. The maximum absolute atomic E-state index is 5.77. The summed E-state index contributed by atoms with van der Waals surface area (Å²) in [5.74, 6) is 0. The second-order valence-corrected chi connectivity index (χ2v) is 4.41. The van der Waals surface area contributed by atoms with Crippen molar-refractivity contribution >= 4 is 28.6 Å². The van der Waals surface area contributed by atoms with Crippen LogP contribution in [0.1, 0.15) is 10.7 Å². The van der Waals surface area contributed by atoms with Crippen molar-refractivity contribution in [3.63, 3.8) is 0 Å². The number of anilines is 1. The molecule has 0 aromatic carbocycles. The number of nitrogens with zero attached hydrogens (tertiary/aromatic N) is 2. The van der Waals surface area contributed by atoms with E-state index in [2.05, 4.69) is 15.3 Å². The zero-order valence-electron chi connectivity index (χ0n) is 8.20. The summed E-state index contributed by atoms with van der Waals surface area (Å²) < 4.78 is 0. The summed E-state index contributed by atoms with van der Waals surface area (Å²) in [6.45, 7) is 2.65. The van der Waals surface area contributed by atoms with E-state index in [0.29, 0.717) is 5.15 Å². The molecule has 5 heteroatoms. The summed E-state index contributed by atoms with van der Waals surface area (Å²) in [5, 5.41) is 6.81. The fourth-order valence-electron chi connectivity index (χ4n) is 1.23. The molecule has 2 aromatic heterocycles. The quantitative estimate of drug-likeness (QED) is 0.837. The van der Waals surface area contributed by atoms with Crippen LogP contribution in [-0.2, 0) is 6.54 Å². The zero-order valence-corrected chi connectivity index (χ0v) is 9.77. The Kier molecular flexibility index (Phi) is 3.18. The van der Waals surface area contributed by atoms with Gasteiger partial charge in [0, 0.05) is 11.6 Å². The summed E-state index contributed by atoms with van der Waals surface area (Å²) in [7, 11) is 0. The first-order valence-corrected chi connectivity index (χ1v) is 5.77. The molecule has 2 aromatic rings. The van der Waals surface area contributed by atoms with E-state index in [1.54, 1.807) is 23.6 Å². The third-order valence-electron chi connectivity index (χ3n) is 1.97. The van der Waals surface area contributed by atoms with Crippen LogP contribution in [0.15, 0.2) is 23.7 Å². The van der Waals surface area contributed by atoms with Crippen molar-refractivity contribution in [3.8, 4) is 0 Å². The van der Waals surface area contributed by atoms with Crippen molar-refractivity contribution in [2.45, 2.75) is 13.5 Å². The number of aryl methyl sites for hydroxylation is 1. The third-order valence-corrected chi connectivity index (χ3v) is 2.96. The Labute approximate surface area is 97.2 Å². The molecule has 0 radical (unpaired) electrons. The van der Waals surface area contributed by atoms with E-state index >= 15 is 0 Å². The average Bonchev–Trinajstić information content (AvgIpc) is 2.69. The van der Waals surface area contributed by atoms with Gasteiger partial charge in [-0.25, -0.2) is 9.97 Å². The van der Waals surface area contributed by atoms with Gasteiger partial charge in [0.2, 0.25) is 0 Å². The van der Waals surface area contributed by atoms with Gasteiger partial charge >= 0.3 is 0 Å². The van der Waals surface area contributed by atoms with E-state index in [0.717, 1.165) is 22.9 Å². The van der Waals surface area contributed by atoms with Crippen LogP contribution >= 0.6 is 22.9 Å². The standard InChI is InChI=1S/C10H10ClN3S/c1-7-8(2-3-9(11)14-7)13-6-10-12-4-5-15-10/h2-5,13H,6H2,1H3. The van der Waals surface area contributed by atoms with Crippen LogP contribution < -0.4 is 5.32 Å². The van der Waals surface area contributed by atoms with E-state index in [4.69, 9.17) is 11.6 Å². The van der Waals surface area contributed by atoms with Crippen molar-refractivity contribution in [1.29, 1.82) is 0 Å². The molecular formula is C10H10ClN3S. The van der Waals surface area contributed by atoms with Gasteiger partial charge in [0.15, 0.2) is 0 Å². The highest BCUT2D eigenvalue weighted by molar-refractivity contribution is 7.09. The zero-order chi connectivity index (χ0) is 10.7. The molecule has 0 aliphatic rings. The molecule has 0 atom stereocenters. The van der Waals surface area contributed by atoms with Gasteiger partial charge in [-0.2, -0.15) is 0 Å². The number of pyridine rings is 1. The van der Waals surface area contributed by atoms with Gasteiger partial charge in [-0.05, 0) is 19.1 Å². The minimum Gasteiger partial charge on any atom is -0.377 e. The Hall–Kier alpha value is -1.13. The monoisotopic (exact) mass is 239 g/mol. The van der Waals surface area contributed by atoms with E-state index in [9.17, 15) is 0 Å². The van der Waals surface area contributed by atoms with Crippen molar-refractivity contribution in [3.05, 3.63) is 39.6 Å². The second kappa shape index (κ2) is 4.59. The van der Waals surface area contributed by atoms with Crippen molar-refractivity contribution < 1.29 is 0 Å². The van der Waals surface area contributed by atoms with Crippen LogP contribution in [0.4, 0.5) is 5.69 Å². The fourth-order valence-corrected chi connectivity index (χ4v) is 1.97. The Balaban J connectivity index is 2.05. The largest absolute Gasteiger partial charge is 0.377 e. The van der Waals surface area contributed by atoms with E-state index < -0.39 is 0 Å². The number of aromatic nitrogens is 2. The van der Waals surface area contributed by atoms with E-state index in [1.165, 1.54) is 0 Å². The molecule has 0 aliphatic heterocycles. The smallest absolute Gasteiger partial charge is 0.129 e. The highest BCUT2D eigenvalue weighted by Crippen LogP contribution is 2.16. The van der Waals surface area contributed by atoms with Crippen LogP contribution in [0.3, 0.4) is 0 Å². The molecular weight excluding hydrogens is 230 g/mol. The lowest BCUT2D eigenvalue weighted by Crippen LogP contribution is -2.01. The predicted octanol–water partition coefficient (Wildman–Crippen LogP) is 3.11. The van der Waals surface area contributed by atoms with Crippen LogP contribution in [0.25, 0.3) is 0 Å². The van der Waals surface area contributed by atoms with E-state index in [1.807, 2.05) is 18.4 Å². The van der Waals surface area contributed by atoms with Crippen LogP contribution in [0, 0.1) is 6.92 Å². The lowest BCUT2D eigenvalue weighted by atomic mass is 10.3. The maximum Gasteiger partial charge on any atom is 0.129 e. The van der Waals surface area contributed by atoms with Gasteiger partial charge < -0.3 is 5.32 Å². The normalized spacial score (nSPS) is 10.3. The number of halogens is 1. The molecule has 0 spiro atoms.